The van der Waals surface area contributed by atoms with Gasteiger partial charge in [-0.15, -0.1) is 10.2 Å². The van der Waals surface area contributed by atoms with Crippen LogP contribution in [0.15, 0.2) is 53.7 Å². The number of thioether (sulfide) groups is 1. The number of hydrogen-bond acceptors (Lipinski definition) is 3. The molecular formula is C18H19N3S. The van der Waals surface area contributed by atoms with Gasteiger partial charge in [-0.2, -0.15) is 0 Å². The van der Waals surface area contributed by atoms with Gasteiger partial charge in [0.2, 0.25) is 0 Å². The lowest BCUT2D eigenvalue weighted by molar-refractivity contribution is 0.794. The van der Waals surface area contributed by atoms with E-state index in [2.05, 4.69) is 77.1 Å². The molecular weight excluding hydrogens is 290 g/mol. The Hall–Kier alpha value is -2.07. The van der Waals surface area contributed by atoms with Crippen molar-refractivity contribution in [3.8, 4) is 11.4 Å². The van der Waals surface area contributed by atoms with Gasteiger partial charge in [0.1, 0.15) is 0 Å². The van der Waals surface area contributed by atoms with Gasteiger partial charge in [-0.25, -0.2) is 0 Å². The van der Waals surface area contributed by atoms with E-state index in [4.69, 9.17) is 0 Å². The summed E-state index contributed by atoms with van der Waals surface area (Å²) >= 11 is 1.72. The standard InChI is InChI=1S/C18H19N3S/c1-13-7-9-16(10-8-13)17-19-20-18(21(17)3)22-12-15-6-4-5-14(2)11-15/h4-11H,12H2,1-3H3. The zero-order chi connectivity index (χ0) is 15.5. The van der Waals surface area contributed by atoms with Crippen molar-refractivity contribution in [3.63, 3.8) is 0 Å². The molecule has 0 aliphatic heterocycles. The first-order valence-electron chi connectivity index (χ1n) is 7.28. The Morgan fingerprint density at radius 1 is 0.955 bits per heavy atom. The van der Waals surface area contributed by atoms with Crippen molar-refractivity contribution in [3.05, 3.63) is 65.2 Å². The molecule has 22 heavy (non-hydrogen) atoms. The van der Waals surface area contributed by atoms with Crippen molar-refractivity contribution in [2.24, 2.45) is 7.05 Å². The minimum atomic E-state index is 0.904. The van der Waals surface area contributed by atoms with Crippen LogP contribution in [-0.2, 0) is 12.8 Å². The predicted molar refractivity (Wildman–Crippen MR) is 91.9 cm³/mol. The van der Waals surface area contributed by atoms with Gasteiger partial charge >= 0.3 is 0 Å². The summed E-state index contributed by atoms with van der Waals surface area (Å²) in [5.74, 6) is 1.81. The van der Waals surface area contributed by atoms with Gasteiger partial charge < -0.3 is 4.57 Å². The molecule has 0 amide bonds. The zero-order valence-electron chi connectivity index (χ0n) is 13.1. The maximum Gasteiger partial charge on any atom is 0.191 e. The van der Waals surface area contributed by atoms with Gasteiger partial charge in [-0.05, 0) is 19.4 Å². The van der Waals surface area contributed by atoms with Crippen LogP contribution in [0.5, 0.6) is 0 Å². The second-order valence-electron chi connectivity index (χ2n) is 5.51. The molecule has 0 saturated heterocycles. The summed E-state index contributed by atoms with van der Waals surface area (Å²) in [6.45, 7) is 4.20. The minimum absolute atomic E-state index is 0.904. The van der Waals surface area contributed by atoms with E-state index in [1.807, 2.05) is 7.05 Å². The van der Waals surface area contributed by atoms with Crippen LogP contribution in [0.3, 0.4) is 0 Å². The van der Waals surface area contributed by atoms with E-state index in [9.17, 15) is 0 Å². The molecule has 1 aromatic heterocycles. The number of hydrogen-bond donors (Lipinski definition) is 0. The first kappa shape index (κ1) is 14.9. The average molecular weight is 309 g/mol. The van der Waals surface area contributed by atoms with Crippen LogP contribution in [-0.4, -0.2) is 14.8 Å². The summed E-state index contributed by atoms with van der Waals surface area (Å²) in [7, 11) is 2.02. The second-order valence-corrected chi connectivity index (χ2v) is 6.45. The van der Waals surface area contributed by atoms with Crippen molar-refractivity contribution < 1.29 is 0 Å². The SMILES string of the molecule is Cc1ccc(-c2nnc(SCc3cccc(C)c3)n2C)cc1. The van der Waals surface area contributed by atoms with Crippen molar-refractivity contribution in [2.45, 2.75) is 24.8 Å². The summed E-state index contributed by atoms with van der Waals surface area (Å²) in [4.78, 5) is 0. The van der Waals surface area contributed by atoms with Crippen LogP contribution >= 0.6 is 11.8 Å². The van der Waals surface area contributed by atoms with E-state index in [1.165, 1.54) is 16.7 Å². The summed E-state index contributed by atoms with van der Waals surface area (Å²) in [6.07, 6.45) is 0. The van der Waals surface area contributed by atoms with Crippen molar-refractivity contribution in [1.82, 2.24) is 14.8 Å². The first-order valence-corrected chi connectivity index (χ1v) is 8.27. The van der Waals surface area contributed by atoms with Crippen LogP contribution in [0.2, 0.25) is 0 Å². The molecule has 0 radical (unpaired) electrons. The molecule has 2 aromatic carbocycles. The van der Waals surface area contributed by atoms with Crippen LogP contribution in [0, 0.1) is 13.8 Å². The molecule has 0 unspecified atom stereocenters. The lowest BCUT2D eigenvalue weighted by Crippen LogP contribution is -1.95. The van der Waals surface area contributed by atoms with Gasteiger partial charge in [0, 0.05) is 18.4 Å². The normalized spacial score (nSPS) is 10.9. The smallest absolute Gasteiger partial charge is 0.191 e. The number of nitrogens with zero attached hydrogens (tertiary/aromatic N) is 3. The highest BCUT2D eigenvalue weighted by molar-refractivity contribution is 7.98. The van der Waals surface area contributed by atoms with Crippen LogP contribution in [0.1, 0.15) is 16.7 Å². The number of rotatable bonds is 4. The third-order valence-electron chi connectivity index (χ3n) is 3.60. The molecule has 0 aliphatic carbocycles. The van der Waals surface area contributed by atoms with Crippen LogP contribution < -0.4 is 0 Å². The Bertz CT molecular complexity index is 775. The highest BCUT2D eigenvalue weighted by atomic mass is 32.2. The molecule has 1 heterocycles. The first-order chi connectivity index (χ1) is 10.6. The number of aromatic nitrogens is 3. The van der Waals surface area contributed by atoms with E-state index >= 15 is 0 Å². The topological polar surface area (TPSA) is 30.7 Å². The zero-order valence-corrected chi connectivity index (χ0v) is 13.9. The fraction of sp³-hybridized carbons (Fsp3) is 0.222. The molecule has 0 saturated carbocycles. The van der Waals surface area contributed by atoms with E-state index in [1.54, 1.807) is 11.8 Å². The maximum atomic E-state index is 4.34. The molecule has 3 rings (SSSR count). The summed E-state index contributed by atoms with van der Waals surface area (Å²) < 4.78 is 2.06. The van der Waals surface area contributed by atoms with E-state index in [0.29, 0.717) is 0 Å². The number of aryl methyl sites for hydroxylation is 2. The average Bonchev–Trinajstić information content (AvgIpc) is 2.87. The quantitative estimate of drug-likeness (QED) is 0.670. The highest BCUT2D eigenvalue weighted by Gasteiger charge is 2.11. The molecule has 112 valence electrons. The molecule has 0 N–H and O–H groups in total. The Morgan fingerprint density at radius 2 is 1.73 bits per heavy atom. The van der Waals surface area contributed by atoms with Gasteiger partial charge in [-0.1, -0.05) is 71.4 Å². The largest absolute Gasteiger partial charge is 0.305 e. The summed E-state index contributed by atoms with van der Waals surface area (Å²) in [6, 6.07) is 17.0. The van der Waals surface area contributed by atoms with Crippen LogP contribution in [0.25, 0.3) is 11.4 Å². The van der Waals surface area contributed by atoms with Crippen molar-refractivity contribution >= 4 is 11.8 Å². The van der Waals surface area contributed by atoms with Gasteiger partial charge in [0.05, 0.1) is 0 Å². The number of benzene rings is 2. The third kappa shape index (κ3) is 3.22. The molecule has 3 nitrogen and oxygen atoms in total. The molecule has 0 spiro atoms. The monoisotopic (exact) mass is 309 g/mol. The molecule has 0 atom stereocenters. The lowest BCUT2D eigenvalue weighted by Gasteiger charge is -2.05. The predicted octanol–water partition coefficient (Wildman–Crippen LogP) is 4.39. The third-order valence-corrected chi connectivity index (χ3v) is 4.69. The fourth-order valence-electron chi connectivity index (χ4n) is 2.34. The lowest BCUT2D eigenvalue weighted by atomic mass is 10.1. The Morgan fingerprint density at radius 3 is 2.45 bits per heavy atom. The highest BCUT2D eigenvalue weighted by Crippen LogP contribution is 2.25. The molecule has 0 bridgehead atoms. The van der Waals surface area contributed by atoms with Gasteiger partial charge in [0.15, 0.2) is 11.0 Å². The Balaban J connectivity index is 1.77. The minimum Gasteiger partial charge on any atom is -0.305 e. The molecule has 3 aromatic rings. The second kappa shape index (κ2) is 6.36. The van der Waals surface area contributed by atoms with Gasteiger partial charge in [0.25, 0.3) is 0 Å². The molecule has 4 heteroatoms. The maximum absolute atomic E-state index is 4.34. The van der Waals surface area contributed by atoms with E-state index in [-0.39, 0.29) is 0 Å². The Kier molecular flexibility index (Phi) is 4.29. The Labute approximate surface area is 135 Å². The van der Waals surface area contributed by atoms with E-state index < -0.39 is 0 Å². The van der Waals surface area contributed by atoms with Crippen molar-refractivity contribution in [1.29, 1.82) is 0 Å². The summed E-state index contributed by atoms with van der Waals surface area (Å²) in [5.41, 5.74) is 4.95. The van der Waals surface area contributed by atoms with Gasteiger partial charge in [-0.3, -0.25) is 0 Å². The van der Waals surface area contributed by atoms with E-state index in [0.717, 1.165) is 22.3 Å². The van der Waals surface area contributed by atoms with Crippen molar-refractivity contribution in [2.75, 3.05) is 0 Å². The molecule has 0 aliphatic rings. The summed E-state index contributed by atoms with van der Waals surface area (Å²) in [5, 5.41) is 9.61. The fourth-order valence-corrected chi connectivity index (χ4v) is 3.20. The van der Waals surface area contributed by atoms with Crippen LogP contribution in [0.4, 0.5) is 0 Å². The molecule has 0 fully saturated rings.